The molecule has 51 heavy (non-hydrogen) atoms. The molecular weight excluding hydrogens is 644 g/mol. The van der Waals surface area contributed by atoms with E-state index in [0.717, 1.165) is 91.7 Å². The minimum absolute atomic E-state index is 0.0103. The molecule has 3 aliphatic heterocycles. The molecule has 1 aliphatic carbocycles. The van der Waals surface area contributed by atoms with E-state index in [1.807, 2.05) is 55.5 Å². The van der Waals surface area contributed by atoms with E-state index in [-0.39, 0.29) is 35.8 Å². The number of ether oxygens (including phenoxy) is 1. The van der Waals surface area contributed by atoms with Gasteiger partial charge in [0.15, 0.2) is 0 Å². The maximum absolute atomic E-state index is 13.3. The molecule has 2 bridgehead atoms. The number of hydrogen-bond donors (Lipinski definition) is 6. The number of phenolic OH excluding ortho intramolecular Hbond substituents is 1. The Balaban J connectivity index is 0.923. The first-order valence-corrected chi connectivity index (χ1v) is 18.5. The van der Waals surface area contributed by atoms with Gasteiger partial charge in [-0.1, -0.05) is 49.2 Å². The Labute approximate surface area is 299 Å². The summed E-state index contributed by atoms with van der Waals surface area (Å²) < 4.78 is 7.57. The highest BCUT2D eigenvalue weighted by atomic mass is 16.5. The van der Waals surface area contributed by atoms with Crippen LogP contribution < -0.4 is 16.2 Å². The average Bonchev–Trinajstić information content (AvgIpc) is 3.71. The summed E-state index contributed by atoms with van der Waals surface area (Å²) in [6.07, 6.45) is 6.17. The van der Waals surface area contributed by atoms with Crippen LogP contribution in [-0.4, -0.2) is 76.1 Å². The number of piperidine rings is 3. The molecular formula is C41H51N4O6+. The Morgan fingerprint density at radius 1 is 1.02 bits per heavy atom. The molecule has 0 radical (unpaired) electrons. The van der Waals surface area contributed by atoms with E-state index >= 15 is 0 Å². The summed E-state index contributed by atoms with van der Waals surface area (Å²) in [5, 5.41) is 40.1. The number of anilines is 2. The van der Waals surface area contributed by atoms with E-state index in [2.05, 4.69) is 15.6 Å². The number of amides is 1. The number of carbonyl (C=O) groups excluding carboxylic acids is 1. The molecule has 0 unspecified atom stereocenters. The number of carbonyl (C=O) groups is 1. The smallest absolute Gasteiger partial charge is 0.248 e. The van der Waals surface area contributed by atoms with Crippen molar-refractivity contribution in [2.75, 3.05) is 50.0 Å². The lowest BCUT2D eigenvalue weighted by Crippen LogP contribution is -2.65. The van der Waals surface area contributed by atoms with Gasteiger partial charge in [-0.05, 0) is 72.7 Å². The molecule has 4 fully saturated rings. The minimum Gasteiger partial charge on any atom is -0.506 e. The molecule has 1 saturated carbocycles. The van der Waals surface area contributed by atoms with Crippen LogP contribution in [0.3, 0.4) is 0 Å². The number of fused-ring (bicyclic) bond motifs is 4. The molecule has 1 amide bonds. The zero-order valence-corrected chi connectivity index (χ0v) is 29.4. The molecule has 1 aromatic heterocycles. The summed E-state index contributed by atoms with van der Waals surface area (Å²) in [5.74, 6) is 0.659. The zero-order chi connectivity index (χ0) is 35.6. The number of H-pyrrole nitrogens is 1. The minimum atomic E-state index is -0.971. The second-order valence-electron chi connectivity index (χ2n) is 15.2. The van der Waals surface area contributed by atoms with Gasteiger partial charge in [0.05, 0.1) is 44.3 Å². The number of benzene rings is 3. The number of hydrogen-bond acceptors (Lipinski definition) is 7. The number of aliphatic hydroxyl groups excluding tert-OH is 1. The van der Waals surface area contributed by atoms with E-state index < -0.39 is 11.7 Å². The van der Waals surface area contributed by atoms with Crippen molar-refractivity contribution in [2.45, 2.75) is 69.7 Å². The van der Waals surface area contributed by atoms with Gasteiger partial charge in [-0.15, -0.1) is 0 Å². The Morgan fingerprint density at radius 2 is 1.78 bits per heavy atom. The Kier molecular flexibility index (Phi) is 10.2. The van der Waals surface area contributed by atoms with Crippen molar-refractivity contribution in [3.63, 3.8) is 0 Å². The van der Waals surface area contributed by atoms with Crippen LogP contribution in [0.15, 0.2) is 77.6 Å². The number of aromatic hydroxyl groups is 1. The number of aromatic amines is 1. The summed E-state index contributed by atoms with van der Waals surface area (Å²) in [6.45, 7) is 6.25. The topological polar surface area (TPSA) is 144 Å². The number of nitrogens with one attached hydrogen (secondary N) is 3. The first kappa shape index (κ1) is 35.2. The van der Waals surface area contributed by atoms with E-state index in [4.69, 9.17) is 4.74 Å². The SMILES string of the molecule is Cc1cc(NC[C@H](O)c2ccc(O)c3[nH]c(=O)ccc23)ccc1NC(=O)CC[N+]12CCC(CC1)[C@@H](OC[C@@](O)(c1ccccc1)C1CCCC1)C2. The summed E-state index contributed by atoms with van der Waals surface area (Å²) in [6, 6.07) is 21.9. The number of quaternary nitrogens is 1. The van der Waals surface area contributed by atoms with Gasteiger partial charge in [0.25, 0.3) is 0 Å². The molecule has 6 N–H and O–H groups in total. The maximum Gasteiger partial charge on any atom is 0.248 e. The summed E-state index contributed by atoms with van der Waals surface area (Å²) >= 11 is 0. The highest BCUT2D eigenvalue weighted by molar-refractivity contribution is 5.92. The lowest BCUT2D eigenvalue weighted by Gasteiger charge is -2.52. The van der Waals surface area contributed by atoms with Crippen molar-refractivity contribution >= 4 is 28.2 Å². The van der Waals surface area contributed by atoms with Gasteiger partial charge < -0.3 is 40.2 Å². The van der Waals surface area contributed by atoms with Crippen LogP contribution in [0, 0.1) is 18.8 Å². The third-order valence-electron chi connectivity index (χ3n) is 11.9. The fourth-order valence-corrected chi connectivity index (χ4v) is 8.86. The third kappa shape index (κ3) is 7.55. The predicted molar refractivity (Wildman–Crippen MR) is 199 cm³/mol. The van der Waals surface area contributed by atoms with Crippen molar-refractivity contribution < 1.29 is 29.3 Å². The fraction of sp³-hybridized carbons (Fsp3) is 0.463. The molecule has 10 nitrogen and oxygen atoms in total. The van der Waals surface area contributed by atoms with E-state index in [0.29, 0.717) is 35.4 Å². The number of pyridine rings is 1. The second kappa shape index (κ2) is 14.8. The van der Waals surface area contributed by atoms with Crippen LogP contribution in [-0.2, 0) is 15.1 Å². The van der Waals surface area contributed by atoms with Crippen molar-refractivity contribution in [1.29, 1.82) is 0 Å². The van der Waals surface area contributed by atoms with Crippen molar-refractivity contribution in [2.24, 2.45) is 11.8 Å². The molecule has 270 valence electrons. The quantitative estimate of drug-likeness (QED) is 0.0983. The van der Waals surface area contributed by atoms with Gasteiger partial charge in [0.2, 0.25) is 11.5 Å². The van der Waals surface area contributed by atoms with E-state index in [1.165, 1.54) is 12.1 Å². The number of rotatable bonds is 13. The highest BCUT2D eigenvalue weighted by Crippen LogP contribution is 2.43. The number of phenols is 1. The van der Waals surface area contributed by atoms with Crippen LogP contribution in [0.1, 0.15) is 67.7 Å². The van der Waals surface area contributed by atoms with Gasteiger partial charge in [0, 0.05) is 48.1 Å². The molecule has 3 aromatic carbocycles. The first-order chi connectivity index (χ1) is 24.6. The van der Waals surface area contributed by atoms with Crippen molar-refractivity contribution in [1.82, 2.24) is 4.98 Å². The molecule has 0 spiro atoms. The Bertz CT molecular complexity index is 1900. The Hall–Kier alpha value is -4.22. The van der Waals surface area contributed by atoms with Gasteiger partial charge >= 0.3 is 0 Å². The number of aromatic nitrogens is 1. The second-order valence-corrected chi connectivity index (χ2v) is 15.2. The van der Waals surface area contributed by atoms with Gasteiger partial charge in [-0.3, -0.25) is 9.59 Å². The summed E-state index contributed by atoms with van der Waals surface area (Å²) in [5.41, 5.74) is 3.00. The monoisotopic (exact) mass is 695 g/mol. The summed E-state index contributed by atoms with van der Waals surface area (Å²) in [4.78, 5) is 27.6. The molecule has 4 heterocycles. The van der Waals surface area contributed by atoms with E-state index in [9.17, 15) is 24.9 Å². The average molecular weight is 696 g/mol. The van der Waals surface area contributed by atoms with E-state index in [1.54, 1.807) is 12.1 Å². The molecule has 4 aliphatic rings. The van der Waals surface area contributed by atoms with Crippen LogP contribution in [0.25, 0.3) is 10.9 Å². The van der Waals surface area contributed by atoms with Crippen LogP contribution >= 0.6 is 0 Å². The molecule has 10 heteroatoms. The third-order valence-corrected chi connectivity index (χ3v) is 11.9. The zero-order valence-electron chi connectivity index (χ0n) is 29.4. The first-order valence-electron chi connectivity index (χ1n) is 18.5. The van der Waals surface area contributed by atoms with Crippen LogP contribution in [0.2, 0.25) is 0 Å². The lowest BCUT2D eigenvalue weighted by molar-refractivity contribution is -0.946. The molecule has 3 atom stereocenters. The standard InChI is InChI=1S/C41H50N4O6/c1-27-23-31(42-24-36(47)32-12-15-35(46)40-33(32)13-16-38(48)44-40)11-14-34(27)43-39(49)19-22-45-20-17-28(18-21-45)37(25-45)51-26-41(50,30-9-5-6-10-30)29-7-3-2-4-8-29/h2-4,7-8,11-16,23,28,30,36-37,42,47,50H,5-6,9-10,17-22,24-26H2,1H3,(H2-,43,44,46,48,49)/p+1/t28?,36-,37-,41+,45?/m0/s1. The maximum atomic E-state index is 13.3. The molecule has 3 saturated heterocycles. The lowest BCUT2D eigenvalue weighted by atomic mass is 9.80. The molecule has 4 aromatic rings. The summed E-state index contributed by atoms with van der Waals surface area (Å²) in [7, 11) is 0. The van der Waals surface area contributed by atoms with Gasteiger partial charge in [-0.2, -0.15) is 0 Å². The van der Waals surface area contributed by atoms with Crippen molar-refractivity contribution in [3.05, 3.63) is 99.8 Å². The highest BCUT2D eigenvalue weighted by Gasteiger charge is 2.48. The largest absolute Gasteiger partial charge is 0.506 e. The van der Waals surface area contributed by atoms with Gasteiger partial charge in [-0.25, -0.2) is 0 Å². The van der Waals surface area contributed by atoms with Crippen molar-refractivity contribution in [3.8, 4) is 5.75 Å². The number of aliphatic hydroxyl groups is 2. The van der Waals surface area contributed by atoms with Gasteiger partial charge in [0.1, 0.15) is 24.0 Å². The predicted octanol–water partition coefficient (Wildman–Crippen LogP) is 5.72. The normalized spacial score (nSPS) is 23.6. The molecule has 8 rings (SSSR count). The van der Waals surface area contributed by atoms with Crippen LogP contribution in [0.5, 0.6) is 5.75 Å². The Morgan fingerprint density at radius 3 is 2.53 bits per heavy atom. The number of aryl methyl sites for hydroxylation is 1. The fourth-order valence-electron chi connectivity index (χ4n) is 8.86. The van der Waals surface area contributed by atoms with Crippen LogP contribution in [0.4, 0.5) is 11.4 Å². The number of nitrogens with zero attached hydrogens (tertiary/aromatic N) is 1.